The first-order chi connectivity index (χ1) is 14.6. The molecule has 0 radical (unpaired) electrons. The molecule has 3 amide bonds. The molecule has 7 heteroatoms. The van der Waals surface area contributed by atoms with Crippen LogP contribution in [-0.2, 0) is 6.54 Å². The number of urea groups is 1. The molecule has 2 heterocycles. The number of amides is 3. The fourth-order valence-corrected chi connectivity index (χ4v) is 3.06. The van der Waals surface area contributed by atoms with Crippen molar-refractivity contribution in [3.8, 4) is 0 Å². The molecule has 0 bridgehead atoms. The zero-order chi connectivity index (χ0) is 20.9. The molecule has 0 aliphatic heterocycles. The summed E-state index contributed by atoms with van der Waals surface area (Å²) in [6.45, 7) is 0.624. The number of halogens is 1. The smallest absolute Gasteiger partial charge is 0.307 e. The van der Waals surface area contributed by atoms with Crippen molar-refractivity contribution < 1.29 is 18.5 Å². The summed E-state index contributed by atoms with van der Waals surface area (Å²) in [6, 6.07) is 16.6. The van der Waals surface area contributed by atoms with Gasteiger partial charge in [0, 0.05) is 30.1 Å². The van der Waals surface area contributed by atoms with E-state index < -0.39 is 11.9 Å². The van der Waals surface area contributed by atoms with E-state index in [4.69, 9.17) is 0 Å². The summed E-state index contributed by atoms with van der Waals surface area (Å²) in [5, 5.41) is 6.71. The number of nitrogens with one attached hydrogen (secondary N) is 2. The SMILES string of the molecule is O=C(NC(=O)c1cccnc1)Nc1cc[n+](Cc2ccc3cc(F)ccc3c2)cc1. The Hall–Kier alpha value is -4.13. The zero-order valence-electron chi connectivity index (χ0n) is 15.9. The number of rotatable bonds is 4. The van der Waals surface area contributed by atoms with Crippen molar-refractivity contribution in [1.29, 1.82) is 0 Å². The minimum atomic E-state index is -0.622. The predicted octanol–water partition coefficient (Wildman–Crippen LogP) is 3.67. The summed E-state index contributed by atoms with van der Waals surface area (Å²) in [4.78, 5) is 27.9. The fourth-order valence-electron chi connectivity index (χ4n) is 3.06. The van der Waals surface area contributed by atoms with Crippen molar-refractivity contribution in [2.24, 2.45) is 0 Å². The number of nitrogens with zero attached hydrogens (tertiary/aromatic N) is 2. The van der Waals surface area contributed by atoms with Gasteiger partial charge in [-0.15, -0.1) is 0 Å². The van der Waals surface area contributed by atoms with Gasteiger partial charge in [-0.3, -0.25) is 15.1 Å². The van der Waals surface area contributed by atoms with Gasteiger partial charge in [0.2, 0.25) is 0 Å². The second-order valence-corrected chi connectivity index (χ2v) is 6.73. The Morgan fingerprint density at radius 3 is 2.50 bits per heavy atom. The molecule has 148 valence electrons. The van der Waals surface area contributed by atoms with Crippen LogP contribution in [-0.4, -0.2) is 16.9 Å². The standard InChI is InChI=1S/C23H17FN4O2/c24-20-6-5-17-12-16(3-4-18(17)13-20)15-28-10-7-21(8-11-28)26-23(30)27-22(29)19-2-1-9-25-14-19/h1-14H,15H2,(H,27,29,30)/p+1. The largest absolute Gasteiger partial charge is 0.326 e. The number of hydrogen-bond acceptors (Lipinski definition) is 3. The summed E-state index contributed by atoms with van der Waals surface area (Å²) in [5.74, 6) is -0.776. The first kappa shape index (κ1) is 19.2. The first-order valence-electron chi connectivity index (χ1n) is 9.26. The Morgan fingerprint density at radius 2 is 1.73 bits per heavy atom. The van der Waals surface area contributed by atoms with Gasteiger partial charge in [-0.2, -0.15) is 0 Å². The third-order valence-electron chi connectivity index (χ3n) is 4.53. The molecular formula is C23H18FN4O2+. The topological polar surface area (TPSA) is 75.0 Å². The van der Waals surface area contributed by atoms with Gasteiger partial charge < -0.3 is 5.32 Å². The van der Waals surface area contributed by atoms with Crippen LogP contribution in [0.25, 0.3) is 10.8 Å². The lowest BCUT2D eigenvalue weighted by molar-refractivity contribution is -0.688. The Kier molecular flexibility index (Phi) is 5.43. The van der Waals surface area contributed by atoms with E-state index in [1.54, 1.807) is 36.5 Å². The highest BCUT2D eigenvalue weighted by molar-refractivity contribution is 6.07. The molecule has 0 saturated carbocycles. The molecule has 2 aromatic heterocycles. The Labute approximate surface area is 172 Å². The van der Waals surface area contributed by atoms with E-state index in [0.29, 0.717) is 17.8 Å². The van der Waals surface area contributed by atoms with Crippen molar-refractivity contribution >= 4 is 28.4 Å². The van der Waals surface area contributed by atoms with Crippen LogP contribution >= 0.6 is 0 Å². The molecule has 0 aliphatic rings. The second kappa shape index (κ2) is 8.48. The van der Waals surface area contributed by atoms with E-state index in [-0.39, 0.29) is 5.82 Å². The summed E-state index contributed by atoms with van der Waals surface area (Å²) >= 11 is 0. The number of imide groups is 1. The quantitative estimate of drug-likeness (QED) is 0.513. The Balaban J connectivity index is 1.37. The zero-order valence-corrected chi connectivity index (χ0v) is 15.9. The van der Waals surface area contributed by atoms with Crippen LogP contribution < -0.4 is 15.2 Å². The summed E-state index contributed by atoms with van der Waals surface area (Å²) in [5.41, 5.74) is 1.92. The minimum Gasteiger partial charge on any atom is -0.307 e. The summed E-state index contributed by atoms with van der Waals surface area (Å²) < 4.78 is 15.3. The monoisotopic (exact) mass is 401 g/mol. The number of benzene rings is 2. The van der Waals surface area contributed by atoms with Gasteiger partial charge in [0.1, 0.15) is 5.82 Å². The van der Waals surface area contributed by atoms with Crippen molar-refractivity contribution in [2.45, 2.75) is 6.54 Å². The highest BCUT2D eigenvalue weighted by Gasteiger charge is 2.11. The normalized spacial score (nSPS) is 10.6. The lowest BCUT2D eigenvalue weighted by atomic mass is 10.1. The van der Waals surface area contributed by atoms with Crippen LogP contribution in [0.15, 0.2) is 85.5 Å². The van der Waals surface area contributed by atoms with Gasteiger partial charge in [-0.25, -0.2) is 13.8 Å². The van der Waals surface area contributed by atoms with Crippen LogP contribution in [0.1, 0.15) is 15.9 Å². The number of anilines is 1. The third kappa shape index (κ3) is 4.64. The Morgan fingerprint density at radius 1 is 0.967 bits per heavy atom. The Bertz CT molecular complexity index is 1210. The number of pyridine rings is 2. The summed E-state index contributed by atoms with van der Waals surface area (Å²) in [6.07, 6.45) is 6.59. The van der Waals surface area contributed by atoms with E-state index in [1.807, 2.05) is 35.2 Å². The molecule has 0 saturated heterocycles. The molecule has 0 spiro atoms. The average molecular weight is 401 g/mol. The van der Waals surface area contributed by atoms with Crippen molar-refractivity contribution in [1.82, 2.24) is 10.3 Å². The van der Waals surface area contributed by atoms with E-state index in [9.17, 15) is 14.0 Å². The number of hydrogen-bond donors (Lipinski definition) is 2. The maximum absolute atomic E-state index is 13.3. The van der Waals surface area contributed by atoms with Crippen molar-refractivity contribution in [3.05, 3.63) is 102 Å². The van der Waals surface area contributed by atoms with Crippen LogP contribution in [0.4, 0.5) is 14.9 Å². The molecule has 4 aromatic rings. The molecular weight excluding hydrogens is 383 g/mol. The van der Waals surface area contributed by atoms with E-state index in [1.165, 1.54) is 18.3 Å². The second-order valence-electron chi connectivity index (χ2n) is 6.73. The first-order valence-corrected chi connectivity index (χ1v) is 9.26. The van der Waals surface area contributed by atoms with Gasteiger partial charge in [0.15, 0.2) is 18.9 Å². The number of aromatic nitrogens is 2. The molecule has 0 atom stereocenters. The maximum Gasteiger partial charge on any atom is 0.326 e. The molecule has 0 unspecified atom stereocenters. The van der Waals surface area contributed by atoms with Crippen LogP contribution in [0.2, 0.25) is 0 Å². The van der Waals surface area contributed by atoms with Gasteiger partial charge in [0.05, 0.1) is 11.3 Å². The average Bonchev–Trinajstić information content (AvgIpc) is 2.76. The number of carbonyl (C=O) groups excluding carboxylic acids is 2. The van der Waals surface area contributed by atoms with Crippen LogP contribution in [0, 0.1) is 5.82 Å². The van der Waals surface area contributed by atoms with Gasteiger partial charge in [0.25, 0.3) is 5.91 Å². The lowest BCUT2D eigenvalue weighted by Crippen LogP contribution is -2.35. The highest BCUT2D eigenvalue weighted by atomic mass is 19.1. The lowest BCUT2D eigenvalue weighted by Gasteiger charge is -2.06. The minimum absolute atomic E-state index is 0.251. The molecule has 6 nitrogen and oxygen atoms in total. The molecule has 0 aliphatic carbocycles. The van der Waals surface area contributed by atoms with E-state index in [2.05, 4.69) is 15.6 Å². The number of fused-ring (bicyclic) bond motifs is 1. The molecule has 2 aromatic carbocycles. The van der Waals surface area contributed by atoms with Gasteiger partial charge >= 0.3 is 6.03 Å². The maximum atomic E-state index is 13.3. The van der Waals surface area contributed by atoms with Gasteiger partial charge in [-0.1, -0.05) is 18.2 Å². The highest BCUT2D eigenvalue weighted by Crippen LogP contribution is 2.17. The van der Waals surface area contributed by atoms with Crippen molar-refractivity contribution in [2.75, 3.05) is 5.32 Å². The molecule has 30 heavy (non-hydrogen) atoms. The van der Waals surface area contributed by atoms with Crippen molar-refractivity contribution in [3.63, 3.8) is 0 Å². The molecule has 2 N–H and O–H groups in total. The van der Waals surface area contributed by atoms with E-state index in [0.717, 1.165) is 16.3 Å². The van der Waals surface area contributed by atoms with Crippen LogP contribution in [0.5, 0.6) is 0 Å². The van der Waals surface area contributed by atoms with Crippen LogP contribution in [0.3, 0.4) is 0 Å². The third-order valence-corrected chi connectivity index (χ3v) is 4.53. The fraction of sp³-hybridized carbons (Fsp3) is 0.0435. The van der Waals surface area contributed by atoms with Gasteiger partial charge in [-0.05, 0) is 41.1 Å². The predicted molar refractivity (Wildman–Crippen MR) is 110 cm³/mol. The number of carbonyl (C=O) groups is 2. The van der Waals surface area contributed by atoms with E-state index >= 15 is 0 Å². The molecule has 4 rings (SSSR count). The molecule has 0 fully saturated rings. The summed E-state index contributed by atoms with van der Waals surface area (Å²) in [7, 11) is 0.